The Morgan fingerprint density at radius 3 is 2.90 bits per heavy atom. The largest absolute Gasteiger partial charge is 0.505 e. The fourth-order valence-electron chi connectivity index (χ4n) is 2.08. The average molecular weight is 300 g/mol. The summed E-state index contributed by atoms with van der Waals surface area (Å²) >= 11 is 6.01. The van der Waals surface area contributed by atoms with Crippen LogP contribution in [0.4, 0.5) is 0 Å². The molecule has 0 amide bonds. The van der Waals surface area contributed by atoms with Gasteiger partial charge in [0.1, 0.15) is 16.5 Å². The fourth-order valence-corrected chi connectivity index (χ4v) is 2.35. The van der Waals surface area contributed by atoms with E-state index in [2.05, 4.69) is 5.16 Å². The number of phenolic OH excluding ortho intramolecular Hbond substituents is 1. The predicted molar refractivity (Wildman–Crippen MR) is 72.1 cm³/mol. The average Bonchev–Trinajstić information content (AvgIpc) is 2.83. The van der Waals surface area contributed by atoms with Crippen molar-refractivity contribution < 1.29 is 24.6 Å². The molecule has 108 valence electrons. The fraction of sp³-hybridized carbons (Fsp3) is 0.385. The van der Waals surface area contributed by atoms with E-state index in [4.69, 9.17) is 26.3 Å². The van der Waals surface area contributed by atoms with Crippen LogP contribution in [-0.2, 0) is 11.2 Å². The lowest BCUT2D eigenvalue weighted by atomic mass is 10.0. The van der Waals surface area contributed by atoms with Gasteiger partial charge in [0.05, 0.1) is 12.2 Å². The number of ether oxygens (including phenoxy) is 2. The number of carbonyl (C=O) groups is 1. The van der Waals surface area contributed by atoms with Crippen LogP contribution < -0.4 is 4.74 Å². The summed E-state index contributed by atoms with van der Waals surface area (Å²) in [4.78, 5) is 11.4. The Morgan fingerprint density at radius 2 is 2.35 bits per heavy atom. The van der Waals surface area contributed by atoms with Gasteiger partial charge in [0, 0.05) is 12.0 Å². The molecule has 6 nitrogen and oxygen atoms in total. The number of halogens is 1. The van der Waals surface area contributed by atoms with Crippen LogP contribution in [-0.4, -0.2) is 34.7 Å². The van der Waals surface area contributed by atoms with Crippen molar-refractivity contribution in [1.82, 2.24) is 0 Å². The highest BCUT2D eigenvalue weighted by atomic mass is 35.5. The number of rotatable bonds is 3. The number of hydrogen-bond acceptors (Lipinski definition) is 6. The number of benzene rings is 1. The molecule has 0 spiro atoms. The Balaban J connectivity index is 2.38. The van der Waals surface area contributed by atoms with Gasteiger partial charge in [0.15, 0.2) is 11.9 Å². The van der Waals surface area contributed by atoms with Gasteiger partial charge in [-0.25, -0.2) is 0 Å². The Morgan fingerprint density at radius 1 is 1.65 bits per heavy atom. The van der Waals surface area contributed by atoms with Gasteiger partial charge >= 0.3 is 0 Å². The first-order chi connectivity index (χ1) is 9.49. The predicted octanol–water partition coefficient (Wildman–Crippen LogP) is 2.38. The molecule has 1 aromatic carbocycles. The zero-order chi connectivity index (χ0) is 14.9. The molecular weight excluding hydrogens is 286 g/mol. The Hall–Kier alpha value is -1.95. The molecule has 2 N–H and O–H groups in total. The van der Waals surface area contributed by atoms with Crippen LogP contribution >= 0.6 is 11.6 Å². The van der Waals surface area contributed by atoms with Gasteiger partial charge in [-0.05, 0) is 19.9 Å². The maximum Gasteiger partial charge on any atom is 0.267 e. The van der Waals surface area contributed by atoms with Crippen LogP contribution in [0, 0.1) is 0 Å². The highest BCUT2D eigenvalue weighted by Gasteiger charge is 2.33. The summed E-state index contributed by atoms with van der Waals surface area (Å²) in [5, 5.41) is 21.8. The van der Waals surface area contributed by atoms with Gasteiger partial charge in [-0.15, -0.1) is 0 Å². The molecule has 0 fully saturated rings. The summed E-state index contributed by atoms with van der Waals surface area (Å²) in [5.74, 6) is -0.294. The van der Waals surface area contributed by atoms with Crippen LogP contribution in [0.15, 0.2) is 11.2 Å². The summed E-state index contributed by atoms with van der Waals surface area (Å²) in [5.41, 5.74) is 0.792. The minimum absolute atomic E-state index is 0.0241. The van der Waals surface area contributed by atoms with Gasteiger partial charge in [-0.2, -0.15) is 0 Å². The molecule has 0 aromatic heterocycles. The molecule has 1 aliphatic rings. The van der Waals surface area contributed by atoms with Gasteiger partial charge in [0.25, 0.3) is 5.90 Å². The number of carbonyl (C=O) groups excluding carboxylic acids is 1. The van der Waals surface area contributed by atoms with E-state index in [1.165, 1.54) is 13.0 Å². The summed E-state index contributed by atoms with van der Waals surface area (Å²) in [7, 11) is 0. The molecule has 0 radical (unpaired) electrons. The molecule has 1 unspecified atom stereocenters. The number of ketones is 1. The van der Waals surface area contributed by atoms with Crippen molar-refractivity contribution >= 4 is 23.3 Å². The summed E-state index contributed by atoms with van der Waals surface area (Å²) in [6, 6.07) is 1.53. The SMILES string of the molecule is CCO/C(=N/O)C1Cc2cc(C(C)=O)c(O)c(Cl)c2O1. The van der Waals surface area contributed by atoms with Gasteiger partial charge in [0.2, 0.25) is 0 Å². The van der Waals surface area contributed by atoms with Crippen LogP contribution in [0.2, 0.25) is 5.02 Å². The highest BCUT2D eigenvalue weighted by molar-refractivity contribution is 6.34. The first-order valence-electron chi connectivity index (χ1n) is 6.06. The lowest BCUT2D eigenvalue weighted by Gasteiger charge is -2.12. The van der Waals surface area contributed by atoms with Crippen molar-refractivity contribution in [3.8, 4) is 11.5 Å². The molecule has 1 aromatic rings. The number of fused-ring (bicyclic) bond motifs is 1. The molecule has 0 aliphatic carbocycles. The van der Waals surface area contributed by atoms with Crippen molar-refractivity contribution in [1.29, 1.82) is 0 Å². The van der Waals surface area contributed by atoms with E-state index in [1.54, 1.807) is 6.92 Å². The minimum Gasteiger partial charge on any atom is -0.505 e. The summed E-state index contributed by atoms with van der Waals surface area (Å²) in [6.45, 7) is 3.42. The smallest absolute Gasteiger partial charge is 0.267 e. The van der Waals surface area contributed by atoms with E-state index in [0.717, 1.165) is 0 Å². The number of oxime groups is 1. The highest BCUT2D eigenvalue weighted by Crippen LogP contribution is 2.43. The first kappa shape index (κ1) is 14.5. The Labute approximate surface area is 120 Å². The third-order valence-corrected chi connectivity index (χ3v) is 3.33. The third-order valence-electron chi connectivity index (χ3n) is 2.98. The van der Waals surface area contributed by atoms with Crippen LogP contribution in [0.3, 0.4) is 0 Å². The zero-order valence-electron chi connectivity index (χ0n) is 11.0. The first-order valence-corrected chi connectivity index (χ1v) is 6.44. The lowest BCUT2D eigenvalue weighted by molar-refractivity contribution is 0.101. The Kier molecular flexibility index (Phi) is 4.04. The van der Waals surface area contributed by atoms with E-state index in [1.807, 2.05) is 0 Å². The van der Waals surface area contributed by atoms with E-state index < -0.39 is 6.10 Å². The van der Waals surface area contributed by atoms with E-state index in [-0.39, 0.29) is 33.8 Å². The van der Waals surface area contributed by atoms with Crippen molar-refractivity contribution in [2.24, 2.45) is 5.16 Å². The lowest BCUT2D eigenvalue weighted by Crippen LogP contribution is -2.27. The minimum atomic E-state index is -0.631. The zero-order valence-corrected chi connectivity index (χ0v) is 11.8. The van der Waals surface area contributed by atoms with Gasteiger partial charge in [-0.1, -0.05) is 16.8 Å². The maximum absolute atomic E-state index is 11.4. The number of phenols is 1. The second-order valence-corrected chi connectivity index (χ2v) is 4.69. The number of aromatic hydroxyl groups is 1. The molecule has 1 atom stereocenters. The standard InChI is InChI=1S/C13H14ClNO5/c1-3-19-13(15-18)9-5-7-4-8(6(2)16)11(17)10(14)12(7)20-9/h4,9,17-18H,3,5H2,1-2H3/b15-13+. The van der Waals surface area contributed by atoms with Gasteiger partial charge in [-0.3, -0.25) is 4.79 Å². The molecule has 0 saturated carbocycles. The van der Waals surface area contributed by atoms with Crippen molar-refractivity contribution in [2.75, 3.05) is 6.61 Å². The van der Waals surface area contributed by atoms with Crippen molar-refractivity contribution in [2.45, 2.75) is 26.4 Å². The molecule has 0 saturated heterocycles. The number of hydrogen-bond donors (Lipinski definition) is 2. The molecule has 1 aliphatic heterocycles. The normalized spacial score (nSPS) is 17.6. The van der Waals surface area contributed by atoms with Crippen LogP contribution in [0.25, 0.3) is 0 Å². The topological polar surface area (TPSA) is 88.4 Å². The van der Waals surface area contributed by atoms with Crippen molar-refractivity contribution in [3.05, 3.63) is 22.2 Å². The second kappa shape index (κ2) is 5.58. The summed E-state index contributed by atoms with van der Waals surface area (Å²) in [6.07, 6.45) is -0.288. The quantitative estimate of drug-likeness (QED) is 0.294. The maximum atomic E-state index is 11.4. The van der Waals surface area contributed by atoms with Crippen molar-refractivity contribution in [3.63, 3.8) is 0 Å². The van der Waals surface area contributed by atoms with Crippen LogP contribution in [0.5, 0.6) is 11.5 Å². The Bertz CT molecular complexity index is 585. The van der Waals surface area contributed by atoms with Gasteiger partial charge < -0.3 is 19.8 Å². The molecule has 20 heavy (non-hydrogen) atoms. The van der Waals surface area contributed by atoms with E-state index >= 15 is 0 Å². The van der Waals surface area contributed by atoms with E-state index in [0.29, 0.717) is 18.6 Å². The number of nitrogens with zero attached hydrogens (tertiary/aromatic N) is 1. The summed E-state index contributed by atoms with van der Waals surface area (Å²) < 4.78 is 10.7. The number of Topliss-reactive ketones (excluding diaryl/α,β-unsaturated/α-hetero) is 1. The third kappa shape index (κ3) is 2.38. The molecule has 1 heterocycles. The van der Waals surface area contributed by atoms with Crippen LogP contribution in [0.1, 0.15) is 29.8 Å². The molecular formula is C13H14ClNO5. The van der Waals surface area contributed by atoms with E-state index in [9.17, 15) is 9.90 Å². The molecule has 7 heteroatoms. The monoisotopic (exact) mass is 299 g/mol. The molecule has 2 rings (SSSR count). The second-order valence-electron chi connectivity index (χ2n) is 4.31. The molecule has 0 bridgehead atoms.